The lowest BCUT2D eigenvalue weighted by atomic mass is 10.2. The Labute approximate surface area is 137 Å². The van der Waals surface area contributed by atoms with Gasteiger partial charge in [-0.3, -0.25) is 4.79 Å². The van der Waals surface area contributed by atoms with E-state index in [-0.39, 0.29) is 5.91 Å². The number of carbonyl (C=O) groups is 1. The highest BCUT2D eigenvalue weighted by Crippen LogP contribution is 2.23. The van der Waals surface area contributed by atoms with Gasteiger partial charge in [0.15, 0.2) is 0 Å². The lowest BCUT2D eigenvalue weighted by Gasteiger charge is -2.10. The third kappa shape index (κ3) is 4.64. The summed E-state index contributed by atoms with van der Waals surface area (Å²) in [4.78, 5) is 16.1. The van der Waals surface area contributed by atoms with Crippen LogP contribution in [0.2, 0.25) is 5.02 Å². The number of nitrogens with one attached hydrogen (secondary N) is 1. The molecule has 22 heavy (non-hydrogen) atoms. The molecule has 0 atom stereocenters. The fourth-order valence-electron chi connectivity index (χ4n) is 1.56. The topological polar surface area (TPSA) is 77.0 Å². The van der Waals surface area contributed by atoms with Gasteiger partial charge in [0.25, 0.3) is 5.91 Å². The van der Waals surface area contributed by atoms with Crippen LogP contribution >= 0.6 is 22.9 Å². The summed E-state index contributed by atoms with van der Waals surface area (Å²) in [6.07, 6.45) is 1.63. The van der Waals surface area contributed by atoms with Crippen molar-refractivity contribution in [2.24, 2.45) is 5.92 Å². The second-order valence-corrected chi connectivity index (χ2v) is 6.73. The molecule has 2 rings (SSSR count). The Bertz CT molecular complexity index is 660. The predicted molar refractivity (Wildman–Crippen MR) is 85.4 cm³/mol. The van der Waals surface area contributed by atoms with Crippen LogP contribution in [0.25, 0.3) is 0 Å². The largest absolute Gasteiger partial charge is 0.476 e. The van der Waals surface area contributed by atoms with Crippen LogP contribution in [0.4, 0.5) is 0 Å². The monoisotopic (exact) mass is 340 g/mol. The number of ether oxygens (including phenoxy) is 1. The number of amides is 1. The van der Waals surface area contributed by atoms with Crippen molar-refractivity contribution in [3.8, 4) is 5.88 Å². The van der Waals surface area contributed by atoms with E-state index in [2.05, 4.69) is 20.5 Å². The summed E-state index contributed by atoms with van der Waals surface area (Å²) in [7, 11) is 0. The molecule has 8 heteroatoms. The molecule has 0 saturated heterocycles. The molecule has 118 valence electrons. The second-order valence-electron chi connectivity index (χ2n) is 5.14. The SMILES string of the molecule is Cc1nnc(C(=O)NCc2cnc(OCC(C)C)c(Cl)c2)s1. The number of nitrogens with zero attached hydrogens (tertiary/aromatic N) is 3. The van der Waals surface area contributed by atoms with Crippen molar-refractivity contribution in [1.82, 2.24) is 20.5 Å². The van der Waals surface area contributed by atoms with Gasteiger partial charge < -0.3 is 10.1 Å². The highest BCUT2D eigenvalue weighted by atomic mass is 35.5. The first kappa shape index (κ1) is 16.6. The van der Waals surface area contributed by atoms with Crippen LogP contribution in [0, 0.1) is 12.8 Å². The number of halogens is 1. The van der Waals surface area contributed by atoms with E-state index in [9.17, 15) is 4.79 Å². The van der Waals surface area contributed by atoms with Gasteiger partial charge in [0.1, 0.15) is 10.0 Å². The summed E-state index contributed by atoms with van der Waals surface area (Å²) in [5.41, 5.74) is 0.788. The predicted octanol–water partition coefficient (Wildman–Crippen LogP) is 2.86. The van der Waals surface area contributed by atoms with Gasteiger partial charge in [0.2, 0.25) is 10.9 Å². The average molecular weight is 341 g/mol. The van der Waals surface area contributed by atoms with E-state index < -0.39 is 0 Å². The summed E-state index contributed by atoms with van der Waals surface area (Å²) < 4.78 is 5.50. The molecule has 0 aliphatic carbocycles. The van der Waals surface area contributed by atoms with Crippen LogP contribution < -0.4 is 10.1 Å². The Kier molecular flexibility index (Phi) is 5.68. The first-order chi connectivity index (χ1) is 10.5. The third-order valence-electron chi connectivity index (χ3n) is 2.59. The first-order valence-corrected chi connectivity index (χ1v) is 8.00. The van der Waals surface area contributed by atoms with E-state index in [0.717, 1.165) is 10.6 Å². The quantitative estimate of drug-likeness (QED) is 0.875. The Balaban J connectivity index is 1.93. The molecule has 2 heterocycles. The lowest BCUT2D eigenvalue weighted by Crippen LogP contribution is -2.22. The molecule has 0 saturated carbocycles. The van der Waals surface area contributed by atoms with Gasteiger partial charge in [-0.25, -0.2) is 4.98 Å². The molecule has 2 aromatic heterocycles. The number of hydrogen-bond acceptors (Lipinski definition) is 6. The number of aromatic nitrogens is 3. The van der Waals surface area contributed by atoms with Crippen molar-refractivity contribution in [2.75, 3.05) is 6.61 Å². The van der Waals surface area contributed by atoms with Crippen LogP contribution in [0.1, 0.15) is 34.2 Å². The van der Waals surface area contributed by atoms with Gasteiger partial charge in [0, 0.05) is 12.7 Å². The van der Waals surface area contributed by atoms with Crippen molar-refractivity contribution in [3.05, 3.63) is 32.9 Å². The molecule has 2 aromatic rings. The maximum absolute atomic E-state index is 11.9. The summed E-state index contributed by atoms with van der Waals surface area (Å²) in [5, 5.41) is 11.9. The van der Waals surface area contributed by atoms with Crippen LogP contribution in [-0.4, -0.2) is 27.7 Å². The third-order valence-corrected chi connectivity index (χ3v) is 3.70. The summed E-state index contributed by atoms with van der Waals surface area (Å²) in [6, 6.07) is 1.73. The van der Waals surface area contributed by atoms with Gasteiger partial charge in [-0.1, -0.05) is 36.8 Å². The highest BCUT2D eigenvalue weighted by molar-refractivity contribution is 7.13. The number of rotatable bonds is 6. The lowest BCUT2D eigenvalue weighted by molar-refractivity contribution is 0.0950. The molecule has 1 amide bonds. The Morgan fingerprint density at radius 3 is 2.82 bits per heavy atom. The van der Waals surface area contributed by atoms with Crippen molar-refractivity contribution < 1.29 is 9.53 Å². The van der Waals surface area contributed by atoms with Crippen LogP contribution in [0.3, 0.4) is 0 Å². The minimum Gasteiger partial charge on any atom is -0.476 e. The number of aryl methyl sites for hydroxylation is 1. The van der Waals surface area contributed by atoms with E-state index in [4.69, 9.17) is 16.3 Å². The van der Waals surface area contributed by atoms with E-state index in [1.807, 2.05) is 13.8 Å². The number of hydrogen-bond donors (Lipinski definition) is 1. The second kappa shape index (κ2) is 7.51. The van der Waals surface area contributed by atoms with E-state index >= 15 is 0 Å². The molecule has 6 nitrogen and oxygen atoms in total. The molecule has 0 unspecified atom stereocenters. The molecule has 0 aliphatic rings. The van der Waals surface area contributed by atoms with Crippen LogP contribution in [0.15, 0.2) is 12.3 Å². The normalized spacial score (nSPS) is 10.8. The Morgan fingerprint density at radius 2 is 2.23 bits per heavy atom. The Hall–Kier alpha value is -1.73. The summed E-state index contributed by atoms with van der Waals surface area (Å²) >= 11 is 7.38. The fraction of sp³-hybridized carbons (Fsp3) is 0.429. The average Bonchev–Trinajstić information content (AvgIpc) is 2.90. The molecular formula is C14H17ClN4O2S. The minimum atomic E-state index is -0.262. The summed E-state index contributed by atoms with van der Waals surface area (Å²) in [5.74, 6) is 0.541. The van der Waals surface area contributed by atoms with Gasteiger partial charge in [0.05, 0.1) is 6.61 Å². The maximum atomic E-state index is 11.9. The van der Waals surface area contributed by atoms with Gasteiger partial charge in [-0.05, 0) is 24.5 Å². The molecule has 1 N–H and O–H groups in total. The van der Waals surface area contributed by atoms with E-state index in [1.165, 1.54) is 11.3 Å². The zero-order valence-corrected chi connectivity index (χ0v) is 14.2. The fourth-order valence-corrected chi connectivity index (χ4v) is 2.41. The molecule has 0 aromatic carbocycles. The highest BCUT2D eigenvalue weighted by Gasteiger charge is 2.12. The summed E-state index contributed by atoms with van der Waals surface area (Å²) in [6.45, 7) is 6.77. The van der Waals surface area contributed by atoms with E-state index in [0.29, 0.717) is 35.0 Å². The molecule has 0 bridgehead atoms. The molecule has 0 fully saturated rings. The van der Waals surface area contributed by atoms with Crippen LogP contribution in [0.5, 0.6) is 5.88 Å². The molecule has 0 spiro atoms. The van der Waals surface area contributed by atoms with Gasteiger partial charge >= 0.3 is 0 Å². The number of carbonyl (C=O) groups excluding carboxylic acids is 1. The van der Waals surface area contributed by atoms with Crippen LogP contribution in [-0.2, 0) is 6.54 Å². The first-order valence-electron chi connectivity index (χ1n) is 6.81. The standard InChI is InChI=1S/C14H17ClN4O2S/c1-8(2)7-21-13-11(15)4-10(6-17-13)5-16-12(20)14-19-18-9(3)22-14/h4,6,8H,5,7H2,1-3H3,(H,16,20). The zero-order chi connectivity index (χ0) is 16.1. The molecule has 0 radical (unpaired) electrons. The Morgan fingerprint density at radius 1 is 1.45 bits per heavy atom. The van der Waals surface area contributed by atoms with Gasteiger partial charge in [-0.2, -0.15) is 0 Å². The number of pyridine rings is 1. The minimum absolute atomic E-state index is 0.262. The molecule has 0 aliphatic heterocycles. The maximum Gasteiger partial charge on any atom is 0.282 e. The van der Waals surface area contributed by atoms with E-state index in [1.54, 1.807) is 19.2 Å². The van der Waals surface area contributed by atoms with Crippen molar-refractivity contribution >= 4 is 28.8 Å². The van der Waals surface area contributed by atoms with Crippen molar-refractivity contribution in [2.45, 2.75) is 27.3 Å². The molecular weight excluding hydrogens is 324 g/mol. The smallest absolute Gasteiger partial charge is 0.282 e. The van der Waals surface area contributed by atoms with Crippen molar-refractivity contribution in [3.63, 3.8) is 0 Å². The zero-order valence-electron chi connectivity index (χ0n) is 12.6. The van der Waals surface area contributed by atoms with Crippen molar-refractivity contribution in [1.29, 1.82) is 0 Å². The van der Waals surface area contributed by atoms with Gasteiger partial charge in [-0.15, -0.1) is 10.2 Å².